The van der Waals surface area contributed by atoms with Crippen LogP contribution in [-0.2, 0) is 13.6 Å². The summed E-state index contributed by atoms with van der Waals surface area (Å²) in [6, 6.07) is 6.87. The summed E-state index contributed by atoms with van der Waals surface area (Å²) in [4.78, 5) is 0. The van der Waals surface area contributed by atoms with Crippen molar-refractivity contribution in [2.45, 2.75) is 33.4 Å². The average Bonchev–Trinajstić information content (AvgIpc) is 2.75. The molecule has 0 bridgehead atoms. The fourth-order valence-electron chi connectivity index (χ4n) is 2.05. The predicted octanol–water partition coefficient (Wildman–Crippen LogP) is 2.28. The van der Waals surface area contributed by atoms with Gasteiger partial charge in [0, 0.05) is 13.1 Å². The van der Waals surface area contributed by atoms with Gasteiger partial charge in [0.25, 0.3) is 0 Å². The van der Waals surface area contributed by atoms with Crippen LogP contribution in [0.1, 0.15) is 35.5 Å². The molecule has 0 saturated heterocycles. The van der Waals surface area contributed by atoms with Crippen LogP contribution in [0, 0.1) is 13.8 Å². The summed E-state index contributed by atoms with van der Waals surface area (Å²) in [5.41, 5.74) is 3.96. The molecule has 4 nitrogen and oxygen atoms in total. The van der Waals surface area contributed by atoms with Crippen molar-refractivity contribution in [3.63, 3.8) is 0 Å². The minimum absolute atomic E-state index is 0.307. The second-order valence-electron chi connectivity index (χ2n) is 4.82. The van der Waals surface area contributed by atoms with Crippen LogP contribution in [0.25, 0.3) is 0 Å². The Morgan fingerprint density at radius 1 is 1.33 bits per heavy atom. The van der Waals surface area contributed by atoms with Gasteiger partial charge in [0.2, 0.25) is 0 Å². The number of rotatable bonds is 4. The standard InChI is InChI=1S/C14H20N4/c1-10-5-6-11(2)13(7-10)12(3)15-8-14-17-16-9-18(14)4/h5-7,9,12,15H,8H2,1-4H3. The molecule has 1 aromatic heterocycles. The van der Waals surface area contributed by atoms with Crippen LogP contribution in [0.5, 0.6) is 0 Å². The van der Waals surface area contributed by atoms with E-state index in [0.717, 1.165) is 12.4 Å². The maximum absolute atomic E-state index is 4.07. The van der Waals surface area contributed by atoms with Gasteiger partial charge in [-0.3, -0.25) is 0 Å². The summed E-state index contributed by atoms with van der Waals surface area (Å²) in [5, 5.41) is 11.4. The van der Waals surface area contributed by atoms with Gasteiger partial charge in [-0.25, -0.2) is 0 Å². The molecule has 1 aromatic carbocycles. The van der Waals surface area contributed by atoms with Crippen LogP contribution >= 0.6 is 0 Å². The van der Waals surface area contributed by atoms with Gasteiger partial charge in [0.15, 0.2) is 0 Å². The van der Waals surface area contributed by atoms with Crippen LogP contribution < -0.4 is 5.32 Å². The summed E-state index contributed by atoms with van der Waals surface area (Å²) in [5.74, 6) is 0.951. The summed E-state index contributed by atoms with van der Waals surface area (Å²) in [6.45, 7) is 7.18. The average molecular weight is 244 g/mol. The second kappa shape index (κ2) is 5.31. The fraction of sp³-hybridized carbons (Fsp3) is 0.429. The number of aromatic nitrogens is 3. The van der Waals surface area contributed by atoms with Gasteiger partial charge < -0.3 is 9.88 Å². The van der Waals surface area contributed by atoms with Gasteiger partial charge >= 0.3 is 0 Å². The van der Waals surface area contributed by atoms with Crippen molar-refractivity contribution in [1.82, 2.24) is 20.1 Å². The first-order chi connectivity index (χ1) is 8.58. The molecule has 1 heterocycles. The Balaban J connectivity index is 2.06. The van der Waals surface area contributed by atoms with E-state index in [1.807, 2.05) is 11.6 Å². The van der Waals surface area contributed by atoms with Crippen molar-refractivity contribution in [3.8, 4) is 0 Å². The molecular weight excluding hydrogens is 224 g/mol. The second-order valence-corrected chi connectivity index (χ2v) is 4.82. The third kappa shape index (κ3) is 2.76. The maximum Gasteiger partial charge on any atom is 0.146 e. The highest BCUT2D eigenvalue weighted by Crippen LogP contribution is 2.19. The number of aryl methyl sites for hydroxylation is 3. The van der Waals surface area contributed by atoms with Crippen LogP contribution in [-0.4, -0.2) is 14.8 Å². The topological polar surface area (TPSA) is 42.7 Å². The van der Waals surface area contributed by atoms with Crippen LogP contribution in [0.2, 0.25) is 0 Å². The Kier molecular flexibility index (Phi) is 3.77. The normalized spacial score (nSPS) is 12.7. The van der Waals surface area contributed by atoms with Gasteiger partial charge in [-0.15, -0.1) is 10.2 Å². The van der Waals surface area contributed by atoms with Crippen molar-refractivity contribution in [2.24, 2.45) is 7.05 Å². The van der Waals surface area contributed by atoms with E-state index in [1.165, 1.54) is 16.7 Å². The Morgan fingerprint density at radius 2 is 2.11 bits per heavy atom. The molecule has 2 aromatic rings. The van der Waals surface area contributed by atoms with E-state index in [9.17, 15) is 0 Å². The summed E-state index contributed by atoms with van der Waals surface area (Å²) < 4.78 is 1.93. The van der Waals surface area contributed by atoms with E-state index in [0.29, 0.717) is 6.04 Å². The largest absolute Gasteiger partial charge is 0.320 e. The molecule has 0 aliphatic heterocycles. The zero-order valence-corrected chi connectivity index (χ0v) is 11.4. The van der Waals surface area contributed by atoms with Crippen molar-refractivity contribution in [3.05, 3.63) is 47.0 Å². The van der Waals surface area contributed by atoms with E-state index in [1.54, 1.807) is 6.33 Å². The molecule has 0 saturated carbocycles. The molecule has 96 valence electrons. The summed E-state index contributed by atoms with van der Waals surface area (Å²) >= 11 is 0. The molecule has 0 amide bonds. The fourth-order valence-corrected chi connectivity index (χ4v) is 2.05. The Morgan fingerprint density at radius 3 is 2.78 bits per heavy atom. The molecule has 2 rings (SSSR count). The summed E-state index contributed by atoms with van der Waals surface area (Å²) in [6.07, 6.45) is 1.72. The lowest BCUT2D eigenvalue weighted by atomic mass is 10.00. The van der Waals surface area contributed by atoms with Gasteiger partial charge in [0.05, 0.1) is 6.54 Å². The lowest BCUT2D eigenvalue weighted by molar-refractivity contribution is 0.546. The summed E-state index contributed by atoms with van der Waals surface area (Å²) in [7, 11) is 1.96. The minimum Gasteiger partial charge on any atom is -0.320 e. The SMILES string of the molecule is Cc1ccc(C)c(C(C)NCc2nncn2C)c1. The zero-order chi connectivity index (χ0) is 13.1. The molecule has 1 atom stereocenters. The predicted molar refractivity (Wildman–Crippen MR) is 72.2 cm³/mol. The Hall–Kier alpha value is -1.68. The van der Waals surface area contributed by atoms with Gasteiger partial charge in [0.1, 0.15) is 12.2 Å². The van der Waals surface area contributed by atoms with E-state index in [-0.39, 0.29) is 0 Å². The smallest absolute Gasteiger partial charge is 0.146 e. The first-order valence-electron chi connectivity index (χ1n) is 6.21. The van der Waals surface area contributed by atoms with Crippen LogP contribution in [0.15, 0.2) is 24.5 Å². The molecule has 0 aliphatic carbocycles. The highest BCUT2D eigenvalue weighted by atomic mass is 15.3. The van der Waals surface area contributed by atoms with E-state index in [2.05, 4.69) is 54.5 Å². The van der Waals surface area contributed by atoms with E-state index < -0.39 is 0 Å². The van der Waals surface area contributed by atoms with Crippen molar-refractivity contribution < 1.29 is 0 Å². The van der Waals surface area contributed by atoms with Gasteiger partial charge in [-0.2, -0.15) is 0 Å². The van der Waals surface area contributed by atoms with Crippen LogP contribution in [0.3, 0.4) is 0 Å². The molecule has 18 heavy (non-hydrogen) atoms. The lowest BCUT2D eigenvalue weighted by Gasteiger charge is -2.17. The van der Waals surface area contributed by atoms with Crippen molar-refractivity contribution >= 4 is 0 Å². The molecule has 4 heteroatoms. The Bertz CT molecular complexity index is 530. The monoisotopic (exact) mass is 244 g/mol. The van der Waals surface area contributed by atoms with E-state index >= 15 is 0 Å². The first kappa shape index (κ1) is 12.8. The molecule has 0 fully saturated rings. The number of hydrogen-bond donors (Lipinski definition) is 1. The van der Waals surface area contributed by atoms with Gasteiger partial charge in [-0.1, -0.05) is 23.8 Å². The zero-order valence-electron chi connectivity index (χ0n) is 11.4. The molecule has 1 unspecified atom stereocenters. The van der Waals surface area contributed by atoms with Crippen molar-refractivity contribution in [1.29, 1.82) is 0 Å². The number of nitrogens with one attached hydrogen (secondary N) is 1. The third-order valence-electron chi connectivity index (χ3n) is 3.27. The van der Waals surface area contributed by atoms with Crippen LogP contribution in [0.4, 0.5) is 0 Å². The van der Waals surface area contributed by atoms with Crippen molar-refractivity contribution in [2.75, 3.05) is 0 Å². The van der Waals surface area contributed by atoms with E-state index in [4.69, 9.17) is 0 Å². The highest BCUT2D eigenvalue weighted by Gasteiger charge is 2.09. The lowest BCUT2D eigenvalue weighted by Crippen LogP contribution is -2.21. The minimum atomic E-state index is 0.307. The first-order valence-corrected chi connectivity index (χ1v) is 6.21. The highest BCUT2D eigenvalue weighted by molar-refractivity contribution is 5.32. The quantitative estimate of drug-likeness (QED) is 0.897. The third-order valence-corrected chi connectivity index (χ3v) is 3.27. The number of hydrogen-bond acceptors (Lipinski definition) is 3. The number of nitrogens with zero attached hydrogens (tertiary/aromatic N) is 3. The Labute approximate surface area is 108 Å². The maximum atomic E-state index is 4.07. The molecule has 1 N–H and O–H groups in total. The molecule has 0 spiro atoms. The molecule has 0 radical (unpaired) electrons. The molecular formula is C14H20N4. The molecule has 0 aliphatic rings. The van der Waals surface area contributed by atoms with Gasteiger partial charge in [-0.05, 0) is 31.9 Å². The number of benzene rings is 1.